The summed E-state index contributed by atoms with van der Waals surface area (Å²) >= 11 is 0. The molecule has 0 atom stereocenters. The van der Waals surface area contributed by atoms with Crippen LogP contribution in [0.5, 0.6) is 0 Å². The summed E-state index contributed by atoms with van der Waals surface area (Å²) in [4.78, 5) is 3.85. The Morgan fingerprint density at radius 1 is 0.389 bits per heavy atom. The van der Waals surface area contributed by atoms with Crippen LogP contribution in [0, 0.1) is 0 Å². The van der Waals surface area contributed by atoms with Crippen molar-refractivity contribution >= 4 is 0 Å². The number of rotatable bonds is 3. The highest BCUT2D eigenvalue weighted by Crippen LogP contribution is 2.48. The molecule has 0 radical (unpaired) electrons. The lowest BCUT2D eigenvalue weighted by Crippen LogP contribution is -2.11. The van der Waals surface area contributed by atoms with Crippen LogP contribution in [-0.2, 0) is 18.5 Å². The maximum Gasteiger partial charge on any atom is 0.417 e. The molecule has 1 nitrogen and oxygen atoms in total. The Morgan fingerprint density at radius 3 is 1.06 bits per heavy atom. The second-order valence-corrected chi connectivity index (χ2v) is 7.74. The van der Waals surface area contributed by atoms with Crippen LogP contribution < -0.4 is 0 Å². The lowest BCUT2D eigenvalue weighted by molar-refractivity contribution is -0.138. The molecule has 0 saturated heterocycles. The number of aromatic nitrogens is 1. The minimum atomic E-state index is -4.94. The molecule has 10 heteroatoms. The molecule has 186 valence electrons. The number of nitrogens with zero attached hydrogens (tertiary/aromatic N) is 1. The van der Waals surface area contributed by atoms with E-state index in [-0.39, 0.29) is 0 Å². The summed E-state index contributed by atoms with van der Waals surface area (Å²) in [6, 6.07) is 12.3. The van der Waals surface area contributed by atoms with Crippen LogP contribution in [0.15, 0.2) is 85.2 Å². The van der Waals surface area contributed by atoms with Gasteiger partial charge in [0.05, 0.1) is 16.7 Å². The third kappa shape index (κ3) is 4.80. The van der Waals surface area contributed by atoms with Crippen molar-refractivity contribution in [3.05, 3.63) is 102 Å². The molecule has 0 aliphatic carbocycles. The number of benzene rings is 3. The zero-order chi connectivity index (χ0) is 26.3. The maximum atomic E-state index is 14.0. The molecule has 0 aliphatic rings. The molecule has 36 heavy (non-hydrogen) atoms. The summed E-state index contributed by atoms with van der Waals surface area (Å²) in [5.41, 5.74) is -6.40. The van der Waals surface area contributed by atoms with Gasteiger partial charge in [0.1, 0.15) is 0 Å². The van der Waals surface area contributed by atoms with Crippen LogP contribution in [0.25, 0.3) is 33.4 Å². The Hall–Kier alpha value is -3.82. The van der Waals surface area contributed by atoms with E-state index >= 15 is 0 Å². The summed E-state index contributed by atoms with van der Waals surface area (Å²) in [5, 5.41) is 0. The van der Waals surface area contributed by atoms with Crippen molar-refractivity contribution in [1.82, 2.24) is 4.98 Å². The second kappa shape index (κ2) is 9.00. The van der Waals surface area contributed by atoms with E-state index in [0.29, 0.717) is 6.07 Å². The molecule has 0 fully saturated rings. The van der Waals surface area contributed by atoms with Crippen LogP contribution in [0.1, 0.15) is 16.7 Å². The fourth-order valence-corrected chi connectivity index (χ4v) is 4.04. The normalized spacial score (nSPS) is 12.6. The van der Waals surface area contributed by atoms with Gasteiger partial charge in [-0.15, -0.1) is 0 Å². The molecule has 0 aliphatic heterocycles. The predicted molar refractivity (Wildman–Crippen MR) is 116 cm³/mol. The van der Waals surface area contributed by atoms with Crippen molar-refractivity contribution in [3.63, 3.8) is 0 Å². The van der Waals surface area contributed by atoms with Gasteiger partial charge in [-0.05, 0) is 34.9 Å². The van der Waals surface area contributed by atoms with Gasteiger partial charge < -0.3 is 0 Å². The van der Waals surface area contributed by atoms with Gasteiger partial charge in [0.2, 0.25) is 0 Å². The zero-order valence-electron chi connectivity index (χ0n) is 17.9. The smallest absolute Gasteiger partial charge is 0.263 e. The SMILES string of the molecule is FC(F)(F)c1ccccc1-c1cncc(-c2ccccc2C(F)(F)F)c1-c1ccccc1C(F)(F)F. The molecule has 0 unspecified atom stereocenters. The van der Waals surface area contributed by atoms with E-state index in [1.807, 2.05) is 0 Å². The molecule has 0 N–H and O–H groups in total. The average Bonchev–Trinajstić information content (AvgIpc) is 2.82. The van der Waals surface area contributed by atoms with Crippen LogP contribution in [0.4, 0.5) is 39.5 Å². The fraction of sp³-hybridized carbons (Fsp3) is 0.115. The molecular formula is C26H14F9N. The Bertz CT molecular complexity index is 1320. The van der Waals surface area contributed by atoms with Crippen molar-refractivity contribution in [1.29, 1.82) is 0 Å². The second-order valence-electron chi connectivity index (χ2n) is 7.74. The molecule has 0 saturated carbocycles. The Balaban J connectivity index is 2.18. The first-order valence-electron chi connectivity index (χ1n) is 10.3. The molecule has 4 aromatic rings. The Morgan fingerprint density at radius 2 is 0.694 bits per heavy atom. The molecule has 0 amide bonds. The number of pyridine rings is 1. The van der Waals surface area contributed by atoms with Crippen molar-refractivity contribution in [2.45, 2.75) is 18.5 Å². The monoisotopic (exact) mass is 511 g/mol. The Labute approximate surface area is 198 Å². The number of alkyl halides is 9. The summed E-state index contributed by atoms with van der Waals surface area (Å²) in [7, 11) is 0. The van der Waals surface area contributed by atoms with Gasteiger partial charge in [-0.3, -0.25) is 4.98 Å². The van der Waals surface area contributed by atoms with Crippen molar-refractivity contribution in [2.75, 3.05) is 0 Å². The lowest BCUT2D eigenvalue weighted by Gasteiger charge is -2.22. The minimum absolute atomic E-state index is 0.394. The van der Waals surface area contributed by atoms with Crippen LogP contribution in [0.2, 0.25) is 0 Å². The summed E-state index contributed by atoms with van der Waals surface area (Å²) in [6.07, 6.45) is -12.9. The number of hydrogen-bond acceptors (Lipinski definition) is 1. The van der Waals surface area contributed by atoms with Gasteiger partial charge in [-0.1, -0.05) is 54.6 Å². The van der Waals surface area contributed by atoms with Gasteiger partial charge in [0, 0.05) is 29.1 Å². The number of halogens is 9. The van der Waals surface area contributed by atoms with E-state index in [2.05, 4.69) is 4.98 Å². The summed E-state index contributed by atoms with van der Waals surface area (Å²) in [5.74, 6) is 0. The van der Waals surface area contributed by atoms with Crippen molar-refractivity contribution < 1.29 is 39.5 Å². The van der Waals surface area contributed by atoms with E-state index in [0.717, 1.165) is 60.9 Å². The van der Waals surface area contributed by atoms with Gasteiger partial charge in [-0.25, -0.2) is 0 Å². The standard InChI is InChI=1S/C26H14F9N/c27-24(28,29)20-10-4-1-7-15(20)18-13-36-14-19(16-8-2-5-11-21(16)25(30,31)32)23(18)17-9-3-6-12-22(17)26(33,34)35/h1-14H. The minimum Gasteiger partial charge on any atom is -0.263 e. The average molecular weight is 511 g/mol. The Kier molecular flexibility index (Phi) is 6.32. The first kappa shape index (κ1) is 25.3. The van der Waals surface area contributed by atoms with Gasteiger partial charge in [0.15, 0.2) is 0 Å². The zero-order valence-corrected chi connectivity index (χ0v) is 17.9. The van der Waals surface area contributed by atoms with Crippen LogP contribution in [0.3, 0.4) is 0 Å². The molecule has 3 aromatic carbocycles. The third-order valence-electron chi connectivity index (χ3n) is 5.49. The van der Waals surface area contributed by atoms with E-state index in [1.165, 1.54) is 18.2 Å². The van der Waals surface area contributed by atoms with E-state index in [1.54, 1.807) is 0 Å². The maximum absolute atomic E-state index is 14.0. The highest BCUT2D eigenvalue weighted by molar-refractivity contribution is 5.96. The van der Waals surface area contributed by atoms with Crippen LogP contribution >= 0.6 is 0 Å². The summed E-state index contributed by atoms with van der Waals surface area (Å²) < 4.78 is 125. The molecule has 0 spiro atoms. The molecule has 0 bridgehead atoms. The van der Waals surface area contributed by atoms with Gasteiger partial charge in [0.25, 0.3) is 0 Å². The highest BCUT2D eigenvalue weighted by Gasteiger charge is 2.38. The van der Waals surface area contributed by atoms with Crippen LogP contribution in [-0.4, -0.2) is 4.98 Å². The molecular weight excluding hydrogens is 497 g/mol. The first-order valence-corrected chi connectivity index (χ1v) is 10.3. The van der Waals surface area contributed by atoms with E-state index in [4.69, 9.17) is 0 Å². The largest absolute Gasteiger partial charge is 0.417 e. The molecule has 4 rings (SSSR count). The number of hydrogen-bond donors (Lipinski definition) is 0. The lowest BCUT2D eigenvalue weighted by atomic mass is 9.85. The van der Waals surface area contributed by atoms with Crippen molar-refractivity contribution in [2.24, 2.45) is 0 Å². The first-order chi connectivity index (χ1) is 16.8. The fourth-order valence-electron chi connectivity index (χ4n) is 4.04. The topological polar surface area (TPSA) is 12.9 Å². The van der Waals surface area contributed by atoms with Gasteiger partial charge >= 0.3 is 18.5 Å². The summed E-state index contributed by atoms with van der Waals surface area (Å²) in [6.45, 7) is 0. The molecule has 1 heterocycles. The third-order valence-corrected chi connectivity index (χ3v) is 5.49. The van der Waals surface area contributed by atoms with Gasteiger partial charge in [-0.2, -0.15) is 39.5 Å². The highest BCUT2D eigenvalue weighted by atomic mass is 19.4. The molecule has 1 aromatic heterocycles. The quantitative estimate of drug-likeness (QED) is 0.250. The van der Waals surface area contributed by atoms with E-state index in [9.17, 15) is 39.5 Å². The van der Waals surface area contributed by atoms with E-state index < -0.39 is 68.6 Å². The van der Waals surface area contributed by atoms with Crippen molar-refractivity contribution in [3.8, 4) is 33.4 Å². The predicted octanol–water partition coefficient (Wildman–Crippen LogP) is 9.14.